The van der Waals surface area contributed by atoms with Crippen molar-refractivity contribution in [1.82, 2.24) is 0 Å². The molecule has 13 heavy (non-hydrogen) atoms. The average Bonchev–Trinajstić information content (AvgIpc) is 2.04. The predicted octanol–water partition coefficient (Wildman–Crippen LogP) is 3.31. The molecule has 0 amide bonds. The van der Waals surface area contributed by atoms with E-state index in [0.29, 0.717) is 20.8 Å². The number of Topliss-reactive ketones (excluding diaryl/α,β-unsaturated/α-hetero) is 1. The monoisotopic (exact) mass is 262 g/mol. The van der Waals surface area contributed by atoms with Crippen molar-refractivity contribution in [3.8, 4) is 5.75 Å². The molecular weight excluding hydrogens is 255 g/mol. The molecule has 1 aromatic carbocycles. The van der Waals surface area contributed by atoms with Gasteiger partial charge < -0.3 is 4.74 Å². The van der Waals surface area contributed by atoms with Gasteiger partial charge in [-0.05, 0) is 35.0 Å². The smallest absolute Gasteiger partial charge is 0.162 e. The highest BCUT2D eigenvalue weighted by atomic mass is 79.9. The standard InChI is InChI=1S/C9H8BrClO2/c1-5(12)8-6(11)3-4-7(13-2)9(8)10/h3-4H,1-2H3. The number of hydrogen-bond acceptors (Lipinski definition) is 2. The minimum absolute atomic E-state index is 0.0872. The van der Waals surface area contributed by atoms with Crippen LogP contribution in [0.3, 0.4) is 0 Å². The molecule has 0 heterocycles. The van der Waals surface area contributed by atoms with Crippen molar-refractivity contribution in [3.63, 3.8) is 0 Å². The quantitative estimate of drug-likeness (QED) is 0.765. The Bertz CT molecular complexity index is 350. The lowest BCUT2D eigenvalue weighted by atomic mass is 10.1. The van der Waals surface area contributed by atoms with Crippen LogP contribution in [-0.2, 0) is 0 Å². The average molecular weight is 264 g/mol. The zero-order chi connectivity index (χ0) is 10.0. The first-order valence-electron chi connectivity index (χ1n) is 3.61. The number of benzene rings is 1. The van der Waals surface area contributed by atoms with Crippen molar-refractivity contribution in [2.75, 3.05) is 7.11 Å². The van der Waals surface area contributed by atoms with Crippen molar-refractivity contribution < 1.29 is 9.53 Å². The van der Waals surface area contributed by atoms with E-state index in [4.69, 9.17) is 16.3 Å². The lowest BCUT2D eigenvalue weighted by Gasteiger charge is -2.07. The van der Waals surface area contributed by atoms with Crippen LogP contribution in [0.1, 0.15) is 17.3 Å². The summed E-state index contributed by atoms with van der Waals surface area (Å²) in [5, 5.41) is 0.431. The molecule has 0 radical (unpaired) electrons. The van der Waals surface area contributed by atoms with Crippen LogP contribution < -0.4 is 4.74 Å². The Morgan fingerprint density at radius 3 is 2.62 bits per heavy atom. The number of rotatable bonds is 2. The van der Waals surface area contributed by atoms with Crippen LogP contribution >= 0.6 is 27.5 Å². The number of ether oxygens (including phenoxy) is 1. The van der Waals surface area contributed by atoms with Gasteiger partial charge in [-0.2, -0.15) is 0 Å². The van der Waals surface area contributed by atoms with Crippen LogP contribution in [0.4, 0.5) is 0 Å². The predicted molar refractivity (Wildman–Crippen MR) is 55.7 cm³/mol. The summed E-state index contributed by atoms with van der Waals surface area (Å²) in [4.78, 5) is 11.2. The van der Waals surface area contributed by atoms with Gasteiger partial charge in [-0.25, -0.2) is 0 Å². The third kappa shape index (κ3) is 2.03. The van der Waals surface area contributed by atoms with Crippen molar-refractivity contribution in [3.05, 3.63) is 27.2 Å². The fourth-order valence-corrected chi connectivity index (χ4v) is 2.21. The van der Waals surface area contributed by atoms with Gasteiger partial charge in [0.15, 0.2) is 5.78 Å². The van der Waals surface area contributed by atoms with E-state index in [-0.39, 0.29) is 5.78 Å². The van der Waals surface area contributed by atoms with Gasteiger partial charge in [-0.15, -0.1) is 0 Å². The molecule has 0 unspecified atom stereocenters. The van der Waals surface area contributed by atoms with E-state index in [1.807, 2.05) is 0 Å². The largest absolute Gasteiger partial charge is 0.496 e. The highest BCUT2D eigenvalue weighted by Crippen LogP contribution is 2.33. The van der Waals surface area contributed by atoms with E-state index in [2.05, 4.69) is 15.9 Å². The third-order valence-corrected chi connectivity index (χ3v) is 2.73. The van der Waals surface area contributed by atoms with Gasteiger partial charge in [0.05, 0.1) is 22.2 Å². The fourth-order valence-electron chi connectivity index (χ4n) is 1.01. The number of methoxy groups -OCH3 is 1. The summed E-state index contributed by atoms with van der Waals surface area (Å²) in [5.41, 5.74) is 0.459. The van der Waals surface area contributed by atoms with E-state index in [9.17, 15) is 4.79 Å². The van der Waals surface area contributed by atoms with Crippen LogP contribution in [0.2, 0.25) is 5.02 Å². The van der Waals surface area contributed by atoms with Gasteiger partial charge in [0.25, 0.3) is 0 Å². The van der Waals surface area contributed by atoms with Crippen LogP contribution in [0.25, 0.3) is 0 Å². The number of carbonyl (C=O) groups excluding carboxylic acids is 1. The molecule has 0 spiro atoms. The Hall–Kier alpha value is -0.540. The molecule has 0 atom stereocenters. The van der Waals surface area contributed by atoms with E-state index in [0.717, 1.165) is 0 Å². The highest BCUT2D eigenvalue weighted by molar-refractivity contribution is 9.10. The Kier molecular flexibility index (Phi) is 3.33. The molecule has 0 saturated heterocycles. The van der Waals surface area contributed by atoms with Crippen molar-refractivity contribution >= 4 is 33.3 Å². The molecule has 0 N–H and O–H groups in total. The topological polar surface area (TPSA) is 26.3 Å². The molecule has 0 aliphatic carbocycles. The summed E-state index contributed by atoms with van der Waals surface area (Å²) >= 11 is 9.11. The molecule has 0 fully saturated rings. The molecule has 0 saturated carbocycles. The Labute approximate surface area is 90.0 Å². The molecule has 70 valence electrons. The number of carbonyl (C=O) groups is 1. The van der Waals surface area contributed by atoms with Crippen LogP contribution in [-0.4, -0.2) is 12.9 Å². The maximum atomic E-state index is 11.2. The van der Waals surface area contributed by atoms with Gasteiger partial charge in [-0.3, -0.25) is 4.79 Å². The lowest BCUT2D eigenvalue weighted by Crippen LogP contribution is -1.97. The molecule has 0 aliphatic rings. The summed E-state index contributed by atoms with van der Waals surface area (Å²) in [6.45, 7) is 1.46. The fraction of sp³-hybridized carbons (Fsp3) is 0.222. The normalized spacial score (nSPS) is 9.85. The molecular formula is C9H8BrClO2. The van der Waals surface area contributed by atoms with Crippen molar-refractivity contribution in [2.24, 2.45) is 0 Å². The van der Waals surface area contributed by atoms with Gasteiger partial charge in [0, 0.05) is 0 Å². The first-order chi connectivity index (χ1) is 6.07. The van der Waals surface area contributed by atoms with Crippen LogP contribution in [0, 0.1) is 0 Å². The number of hydrogen-bond donors (Lipinski definition) is 0. The Balaban J connectivity index is 3.38. The second kappa shape index (κ2) is 4.11. The maximum Gasteiger partial charge on any atom is 0.162 e. The molecule has 4 heteroatoms. The number of ketones is 1. The van der Waals surface area contributed by atoms with E-state index in [1.54, 1.807) is 12.1 Å². The second-order valence-corrected chi connectivity index (χ2v) is 3.70. The Morgan fingerprint density at radius 1 is 1.54 bits per heavy atom. The maximum absolute atomic E-state index is 11.2. The molecule has 0 bridgehead atoms. The summed E-state index contributed by atoms with van der Waals surface area (Å²) < 4.78 is 5.64. The van der Waals surface area contributed by atoms with Crippen molar-refractivity contribution in [1.29, 1.82) is 0 Å². The van der Waals surface area contributed by atoms with E-state index < -0.39 is 0 Å². The zero-order valence-electron chi connectivity index (χ0n) is 7.23. The van der Waals surface area contributed by atoms with Gasteiger partial charge in [0.1, 0.15) is 5.75 Å². The second-order valence-electron chi connectivity index (χ2n) is 2.49. The minimum Gasteiger partial charge on any atom is -0.496 e. The molecule has 0 aliphatic heterocycles. The Morgan fingerprint density at radius 2 is 2.15 bits per heavy atom. The molecule has 0 aromatic heterocycles. The highest BCUT2D eigenvalue weighted by Gasteiger charge is 2.13. The van der Waals surface area contributed by atoms with Crippen LogP contribution in [0.15, 0.2) is 16.6 Å². The van der Waals surface area contributed by atoms with Gasteiger partial charge in [-0.1, -0.05) is 11.6 Å². The summed E-state index contributed by atoms with van der Waals surface area (Å²) in [6, 6.07) is 3.35. The SMILES string of the molecule is COc1ccc(Cl)c(C(C)=O)c1Br. The molecule has 1 rings (SSSR count). The zero-order valence-corrected chi connectivity index (χ0v) is 9.57. The number of halogens is 2. The van der Waals surface area contributed by atoms with E-state index in [1.165, 1.54) is 14.0 Å². The first-order valence-corrected chi connectivity index (χ1v) is 4.78. The lowest BCUT2D eigenvalue weighted by molar-refractivity contribution is 0.101. The van der Waals surface area contributed by atoms with Crippen LogP contribution in [0.5, 0.6) is 5.75 Å². The van der Waals surface area contributed by atoms with Crippen molar-refractivity contribution in [2.45, 2.75) is 6.92 Å². The first kappa shape index (κ1) is 10.5. The summed E-state index contributed by atoms with van der Waals surface area (Å²) in [5.74, 6) is 0.519. The van der Waals surface area contributed by atoms with E-state index >= 15 is 0 Å². The third-order valence-electron chi connectivity index (χ3n) is 1.63. The molecule has 2 nitrogen and oxygen atoms in total. The van der Waals surface area contributed by atoms with Gasteiger partial charge in [0.2, 0.25) is 0 Å². The summed E-state index contributed by atoms with van der Waals surface area (Å²) in [7, 11) is 1.54. The minimum atomic E-state index is -0.0872. The summed E-state index contributed by atoms with van der Waals surface area (Å²) in [6.07, 6.45) is 0. The van der Waals surface area contributed by atoms with Gasteiger partial charge >= 0.3 is 0 Å². The molecule has 1 aromatic rings.